The molecule has 3 aromatic rings. The van der Waals surface area contributed by atoms with E-state index in [9.17, 15) is 15.2 Å². The largest absolute Gasteiger partial charge is 0.490 e. The molecule has 2 atom stereocenters. The second kappa shape index (κ2) is 8.34. The maximum Gasteiger partial charge on any atom is 0.258 e. The summed E-state index contributed by atoms with van der Waals surface area (Å²) in [5.74, 6) is 1.60. The number of carbonyl (C=O) groups is 1. The van der Waals surface area contributed by atoms with Crippen LogP contribution in [0.25, 0.3) is 22.8 Å². The van der Waals surface area contributed by atoms with Gasteiger partial charge in [-0.15, -0.1) is 0 Å². The van der Waals surface area contributed by atoms with Crippen LogP contribution in [0.2, 0.25) is 0 Å². The van der Waals surface area contributed by atoms with Crippen LogP contribution in [0.1, 0.15) is 43.0 Å². The summed E-state index contributed by atoms with van der Waals surface area (Å²) in [4.78, 5) is 18.8. The van der Waals surface area contributed by atoms with Gasteiger partial charge in [0, 0.05) is 24.1 Å². The summed E-state index contributed by atoms with van der Waals surface area (Å²) in [5.41, 5.74) is 4.13. The summed E-state index contributed by atoms with van der Waals surface area (Å²) in [7, 11) is 0. The maximum atomic E-state index is 12.4. The molecule has 1 aliphatic carbocycles. The SMILES string of the molecule is CC(C)Oc1ccc(-c2noc(-c3cccc4c3C[C@H]3CC(=O)N(CCO)[C@@H]43)n2)cc1C#N. The smallest absolute Gasteiger partial charge is 0.258 e. The molecule has 0 saturated carbocycles. The van der Waals surface area contributed by atoms with Crippen LogP contribution in [-0.2, 0) is 11.2 Å². The van der Waals surface area contributed by atoms with Crippen LogP contribution in [-0.4, -0.2) is 45.3 Å². The van der Waals surface area contributed by atoms with Crippen LogP contribution >= 0.6 is 0 Å². The number of likely N-dealkylation sites (tertiary alicyclic amines) is 1. The zero-order valence-electron chi connectivity index (χ0n) is 18.5. The van der Waals surface area contributed by atoms with Gasteiger partial charge in [-0.25, -0.2) is 0 Å². The fourth-order valence-corrected chi connectivity index (χ4v) is 4.98. The number of amides is 1. The molecule has 0 unspecified atom stereocenters. The van der Waals surface area contributed by atoms with Crippen molar-refractivity contribution in [3.63, 3.8) is 0 Å². The van der Waals surface area contributed by atoms with Gasteiger partial charge in [-0.3, -0.25) is 4.79 Å². The van der Waals surface area contributed by atoms with Crippen molar-refractivity contribution in [1.82, 2.24) is 15.0 Å². The highest BCUT2D eigenvalue weighted by Crippen LogP contribution is 2.49. The van der Waals surface area contributed by atoms with E-state index in [2.05, 4.69) is 16.2 Å². The first-order chi connectivity index (χ1) is 16.0. The molecule has 1 saturated heterocycles. The lowest BCUT2D eigenvalue weighted by Crippen LogP contribution is -2.30. The third-order valence-electron chi connectivity index (χ3n) is 6.25. The van der Waals surface area contributed by atoms with Gasteiger partial charge < -0.3 is 19.3 Å². The van der Waals surface area contributed by atoms with Crippen LogP contribution < -0.4 is 4.74 Å². The van der Waals surface area contributed by atoms with Crippen molar-refractivity contribution in [3.8, 4) is 34.7 Å². The van der Waals surface area contributed by atoms with E-state index in [1.54, 1.807) is 17.0 Å². The van der Waals surface area contributed by atoms with Crippen molar-refractivity contribution in [3.05, 3.63) is 53.1 Å². The van der Waals surface area contributed by atoms with Gasteiger partial charge in [0.05, 0.1) is 24.3 Å². The minimum absolute atomic E-state index is 0.0197. The van der Waals surface area contributed by atoms with Crippen molar-refractivity contribution in [2.75, 3.05) is 13.2 Å². The number of hydrogen-bond acceptors (Lipinski definition) is 7. The lowest BCUT2D eigenvalue weighted by atomic mass is 10.0. The van der Waals surface area contributed by atoms with Crippen molar-refractivity contribution in [1.29, 1.82) is 5.26 Å². The average Bonchev–Trinajstić information content (AvgIpc) is 3.49. The predicted octanol–water partition coefficient (Wildman–Crippen LogP) is 3.50. The number of fused-ring (bicyclic) bond motifs is 3. The zero-order valence-corrected chi connectivity index (χ0v) is 18.5. The monoisotopic (exact) mass is 444 g/mol. The number of aromatic nitrogens is 2. The highest BCUT2D eigenvalue weighted by molar-refractivity contribution is 5.81. The van der Waals surface area contributed by atoms with Crippen LogP contribution in [0, 0.1) is 17.2 Å². The van der Waals surface area contributed by atoms with Crippen LogP contribution in [0.3, 0.4) is 0 Å². The molecule has 1 aromatic heterocycles. The van der Waals surface area contributed by atoms with Crippen molar-refractivity contribution < 1.29 is 19.2 Å². The van der Waals surface area contributed by atoms with Gasteiger partial charge in [0.1, 0.15) is 11.8 Å². The molecule has 2 aromatic carbocycles. The van der Waals surface area contributed by atoms with Gasteiger partial charge in [0.25, 0.3) is 5.89 Å². The van der Waals surface area contributed by atoms with Crippen molar-refractivity contribution in [2.24, 2.45) is 5.92 Å². The third-order valence-corrected chi connectivity index (χ3v) is 6.25. The van der Waals surface area contributed by atoms with E-state index in [-0.39, 0.29) is 30.6 Å². The van der Waals surface area contributed by atoms with E-state index in [0.717, 1.165) is 23.1 Å². The second-order valence-electron chi connectivity index (χ2n) is 8.71. The quantitative estimate of drug-likeness (QED) is 0.619. The Bertz CT molecular complexity index is 1260. The number of nitriles is 1. The molecule has 5 rings (SSSR count). The van der Waals surface area contributed by atoms with Gasteiger partial charge in [-0.05, 0) is 61.6 Å². The average molecular weight is 444 g/mol. The number of carbonyl (C=O) groups excluding carboxylic acids is 1. The number of nitrogens with zero attached hydrogens (tertiary/aromatic N) is 4. The van der Waals surface area contributed by atoms with E-state index in [4.69, 9.17) is 9.26 Å². The fraction of sp³-hybridized carbons (Fsp3) is 0.360. The van der Waals surface area contributed by atoms with E-state index in [1.807, 2.05) is 38.1 Å². The van der Waals surface area contributed by atoms with Crippen molar-refractivity contribution in [2.45, 2.75) is 38.8 Å². The van der Waals surface area contributed by atoms with Gasteiger partial charge in [0.15, 0.2) is 0 Å². The Balaban J connectivity index is 1.48. The number of rotatable bonds is 6. The summed E-state index contributed by atoms with van der Waals surface area (Å²) in [6.45, 7) is 4.10. The molecule has 1 N–H and O–H groups in total. The Kier molecular flexibility index (Phi) is 5.35. The molecule has 8 nitrogen and oxygen atoms in total. The number of aliphatic hydroxyl groups is 1. The molecular formula is C25H24N4O4. The first-order valence-corrected chi connectivity index (χ1v) is 11.1. The van der Waals surface area contributed by atoms with E-state index in [1.165, 1.54) is 0 Å². The highest BCUT2D eigenvalue weighted by atomic mass is 16.5. The molecule has 8 heteroatoms. The minimum Gasteiger partial charge on any atom is -0.490 e. The molecule has 0 spiro atoms. The lowest BCUT2D eigenvalue weighted by Gasteiger charge is -2.24. The number of aliphatic hydroxyl groups excluding tert-OH is 1. The number of β-amino-alcohol motifs (C(OH)–C–C–N with tert-alkyl or cyclic N) is 1. The predicted molar refractivity (Wildman–Crippen MR) is 119 cm³/mol. The lowest BCUT2D eigenvalue weighted by molar-refractivity contribution is -0.129. The Morgan fingerprint density at radius 3 is 2.91 bits per heavy atom. The molecule has 1 amide bonds. The zero-order chi connectivity index (χ0) is 23.1. The van der Waals surface area contributed by atoms with E-state index < -0.39 is 0 Å². The molecule has 2 aliphatic rings. The molecule has 1 fully saturated rings. The second-order valence-corrected chi connectivity index (χ2v) is 8.71. The van der Waals surface area contributed by atoms with Crippen LogP contribution in [0.5, 0.6) is 5.75 Å². The first kappa shape index (κ1) is 21.2. The molecule has 168 valence electrons. The molecule has 2 heterocycles. The maximum absolute atomic E-state index is 12.4. The fourth-order valence-electron chi connectivity index (χ4n) is 4.98. The molecule has 0 radical (unpaired) electrons. The normalized spacial score (nSPS) is 19.0. The molecule has 0 bridgehead atoms. The summed E-state index contributed by atoms with van der Waals surface area (Å²) in [6.07, 6.45) is 1.19. The summed E-state index contributed by atoms with van der Waals surface area (Å²) >= 11 is 0. The Morgan fingerprint density at radius 2 is 2.15 bits per heavy atom. The van der Waals surface area contributed by atoms with E-state index in [0.29, 0.717) is 41.6 Å². The molecular weight excluding hydrogens is 420 g/mol. The van der Waals surface area contributed by atoms with Crippen LogP contribution in [0.4, 0.5) is 0 Å². The van der Waals surface area contributed by atoms with Crippen LogP contribution in [0.15, 0.2) is 40.9 Å². The highest BCUT2D eigenvalue weighted by Gasteiger charge is 2.46. The third kappa shape index (κ3) is 3.64. The Hall–Kier alpha value is -3.70. The minimum atomic E-state index is -0.0529. The van der Waals surface area contributed by atoms with Gasteiger partial charge in [-0.2, -0.15) is 10.2 Å². The molecule has 1 aliphatic heterocycles. The summed E-state index contributed by atoms with van der Waals surface area (Å²) in [5, 5.41) is 23.1. The topological polar surface area (TPSA) is 112 Å². The number of ether oxygens (including phenoxy) is 1. The summed E-state index contributed by atoms with van der Waals surface area (Å²) < 4.78 is 11.3. The van der Waals surface area contributed by atoms with Gasteiger partial charge in [0.2, 0.25) is 11.7 Å². The number of hydrogen-bond donors (Lipinski definition) is 1. The number of benzene rings is 2. The van der Waals surface area contributed by atoms with Gasteiger partial charge in [-0.1, -0.05) is 17.3 Å². The summed E-state index contributed by atoms with van der Waals surface area (Å²) in [6, 6.07) is 13.3. The Labute approximate surface area is 191 Å². The van der Waals surface area contributed by atoms with Crippen molar-refractivity contribution >= 4 is 5.91 Å². The standard InChI is InChI=1S/C25H24N4O4/c1-14(2)32-21-7-6-15(10-17(21)13-26)24-27-25(33-28-24)19-5-3-4-18-20(19)11-16-12-22(31)29(8-9-30)23(16)18/h3-7,10,14,16,23,30H,8-9,11-12H2,1-2H3/t16-,23+/m0/s1. The van der Waals surface area contributed by atoms with Gasteiger partial charge >= 0.3 is 0 Å². The Morgan fingerprint density at radius 1 is 1.30 bits per heavy atom. The first-order valence-electron chi connectivity index (χ1n) is 11.1. The molecule has 33 heavy (non-hydrogen) atoms. The van der Waals surface area contributed by atoms with E-state index >= 15 is 0 Å².